The number of hydrogen-bond acceptors (Lipinski definition) is 4. The standard InChI is InChI=1S/C20H14ClN3O3/c21-18-11-16(6-3-15(18)12-22)23-19(25)13-27-20(26)14-4-7-17(8-5-14)24-9-1-2-10-24/h1-11H,13H2,(H,23,25). The van der Waals surface area contributed by atoms with Crippen LogP contribution in [0.2, 0.25) is 5.02 Å². The van der Waals surface area contributed by atoms with Crippen LogP contribution < -0.4 is 5.32 Å². The Labute approximate surface area is 160 Å². The molecule has 0 unspecified atom stereocenters. The van der Waals surface area contributed by atoms with E-state index in [0.717, 1.165) is 5.69 Å². The van der Waals surface area contributed by atoms with Gasteiger partial charge in [0.15, 0.2) is 6.61 Å². The first kappa shape index (κ1) is 18.2. The van der Waals surface area contributed by atoms with Crippen molar-refractivity contribution in [3.63, 3.8) is 0 Å². The van der Waals surface area contributed by atoms with Crippen molar-refractivity contribution in [3.8, 4) is 11.8 Å². The zero-order valence-corrected chi connectivity index (χ0v) is 14.8. The normalized spacial score (nSPS) is 10.1. The third-order valence-corrected chi connectivity index (χ3v) is 4.03. The third-order valence-electron chi connectivity index (χ3n) is 3.71. The Bertz CT molecular complexity index is 1010. The Hall–Kier alpha value is -3.56. The van der Waals surface area contributed by atoms with E-state index < -0.39 is 18.5 Å². The van der Waals surface area contributed by atoms with Gasteiger partial charge in [-0.1, -0.05) is 11.6 Å². The van der Waals surface area contributed by atoms with Crippen molar-refractivity contribution in [3.05, 3.63) is 83.1 Å². The van der Waals surface area contributed by atoms with E-state index in [0.29, 0.717) is 16.8 Å². The monoisotopic (exact) mass is 379 g/mol. The van der Waals surface area contributed by atoms with Crippen molar-refractivity contribution in [2.75, 3.05) is 11.9 Å². The molecule has 0 radical (unpaired) electrons. The molecule has 0 fully saturated rings. The van der Waals surface area contributed by atoms with Crippen LogP contribution in [-0.4, -0.2) is 23.1 Å². The fourth-order valence-electron chi connectivity index (χ4n) is 2.37. The molecule has 1 heterocycles. The number of hydrogen-bond donors (Lipinski definition) is 1. The van der Waals surface area contributed by atoms with E-state index in [1.807, 2.05) is 35.2 Å². The van der Waals surface area contributed by atoms with E-state index in [1.165, 1.54) is 12.1 Å². The lowest BCUT2D eigenvalue weighted by molar-refractivity contribution is -0.119. The molecule has 0 bridgehead atoms. The average Bonchev–Trinajstić information content (AvgIpc) is 3.21. The highest BCUT2D eigenvalue weighted by molar-refractivity contribution is 6.32. The highest BCUT2D eigenvalue weighted by atomic mass is 35.5. The highest BCUT2D eigenvalue weighted by Crippen LogP contribution is 2.20. The molecule has 1 aromatic heterocycles. The van der Waals surface area contributed by atoms with Gasteiger partial charge in [0.1, 0.15) is 6.07 Å². The number of nitriles is 1. The molecule has 3 aromatic rings. The molecule has 0 aliphatic carbocycles. The number of nitrogens with zero attached hydrogens (tertiary/aromatic N) is 2. The van der Waals surface area contributed by atoms with Gasteiger partial charge >= 0.3 is 5.97 Å². The van der Waals surface area contributed by atoms with E-state index in [1.54, 1.807) is 30.3 Å². The number of ether oxygens (including phenoxy) is 1. The van der Waals surface area contributed by atoms with Crippen LogP contribution >= 0.6 is 11.6 Å². The van der Waals surface area contributed by atoms with Crippen LogP contribution in [0.4, 0.5) is 5.69 Å². The zero-order valence-electron chi connectivity index (χ0n) is 14.1. The van der Waals surface area contributed by atoms with Gasteiger partial charge in [-0.2, -0.15) is 5.26 Å². The summed E-state index contributed by atoms with van der Waals surface area (Å²) in [6.07, 6.45) is 3.79. The number of esters is 1. The largest absolute Gasteiger partial charge is 0.452 e. The second-order valence-electron chi connectivity index (χ2n) is 5.57. The predicted molar refractivity (Wildman–Crippen MR) is 101 cm³/mol. The maximum atomic E-state index is 12.1. The zero-order chi connectivity index (χ0) is 19.2. The number of nitrogens with one attached hydrogen (secondary N) is 1. The maximum absolute atomic E-state index is 12.1. The molecule has 2 aromatic carbocycles. The van der Waals surface area contributed by atoms with Crippen LogP contribution in [0.1, 0.15) is 15.9 Å². The summed E-state index contributed by atoms with van der Waals surface area (Å²) in [6.45, 7) is -0.435. The first-order chi connectivity index (χ1) is 13.1. The number of anilines is 1. The van der Waals surface area contributed by atoms with Gasteiger partial charge in [-0.15, -0.1) is 0 Å². The Balaban J connectivity index is 1.55. The average molecular weight is 380 g/mol. The van der Waals surface area contributed by atoms with Crippen LogP contribution in [0, 0.1) is 11.3 Å². The first-order valence-electron chi connectivity index (χ1n) is 7.97. The van der Waals surface area contributed by atoms with E-state index in [9.17, 15) is 9.59 Å². The number of rotatable bonds is 5. The number of aromatic nitrogens is 1. The van der Waals surface area contributed by atoms with Crippen LogP contribution in [0.3, 0.4) is 0 Å². The Kier molecular flexibility index (Phi) is 5.55. The van der Waals surface area contributed by atoms with Gasteiger partial charge in [-0.05, 0) is 54.6 Å². The third kappa shape index (κ3) is 4.54. The van der Waals surface area contributed by atoms with E-state index in [4.69, 9.17) is 21.6 Å². The summed E-state index contributed by atoms with van der Waals surface area (Å²) in [5.41, 5.74) is 1.98. The SMILES string of the molecule is N#Cc1ccc(NC(=O)COC(=O)c2ccc(-n3cccc3)cc2)cc1Cl. The number of amides is 1. The van der Waals surface area contributed by atoms with Gasteiger partial charge in [0.05, 0.1) is 16.1 Å². The van der Waals surface area contributed by atoms with Crippen molar-refractivity contribution in [1.82, 2.24) is 4.57 Å². The summed E-state index contributed by atoms with van der Waals surface area (Å²) in [7, 11) is 0. The molecule has 3 rings (SSSR count). The molecular weight excluding hydrogens is 366 g/mol. The minimum Gasteiger partial charge on any atom is -0.452 e. The summed E-state index contributed by atoms with van der Waals surface area (Å²) in [6, 6.07) is 17.1. The molecule has 0 aliphatic rings. The van der Waals surface area contributed by atoms with Gasteiger partial charge in [0, 0.05) is 23.8 Å². The minimum atomic E-state index is -0.595. The molecule has 7 heteroatoms. The van der Waals surface area contributed by atoms with Crippen molar-refractivity contribution in [1.29, 1.82) is 5.26 Å². The summed E-state index contributed by atoms with van der Waals surface area (Å²) in [5, 5.41) is 11.6. The lowest BCUT2D eigenvalue weighted by atomic mass is 10.2. The van der Waals surface area contributed by atoms with Gasteiger partial charge in [0.25, 0.3) is 5.91 Å². The molecular formula is C20H14ClN3O3. The molecule has 0 atom stereocenters. The van der Waals surface area contributed by atoms with Crippen molar-refractivity contribution in [2.24, 2.45) is 0 Å². The van der Waals surface area contributed by atoms with Gasteiger partial charge in [-0.25, -0.2) is 4.79 Å². The Morgan fingerprint density at radius 3 is 2.44 bits per heavy atom. The molecule has 6 nitrogen and oxygen atoms in total. The highest BCUT2D eigenvalue weighted by Gasteiger charge is 2.11. The van der Waals surface area contributed by atoms with E-state index in [2.05, 4.69) is 5.32 Å². The number of carbonyl (C=O) groups is 2. The predicted octanol–water partition coefficient (Wildman–Crippen LogP) is 3.80. The van der Waals surface area contributed by atoms with Crippen LogP contribution in [0.25, 0.3) is 5.69 Å². The number of benzene rings is 2. The second-order valence-corrected chi connectivity index (χ2v) is 5.98. The van der Waals surface area contributed by atoms with Crippen molar-refractivity contribution < 1.29 is 14.3 Å². The van der Waals surface area contributed by atoms with Gasteiger partial charge < -0.3 is 14.6 Å². The fraction of sp³-hybridized carbons (Fsp3) is 0.0500. The first-order valence-corrected chi connectivity index (χ1v) is 8.34. The molecule has 1 amide bonds. The second kappa shape index (κ2) is 8.21. The molecule has 134 valence electrons. The van der Waals surface area contributed by atoms with E-state index in [-0.39, 0.29) is 5.02 Å². The Morgan fingerprint density at radius 1 is 1.11 bits per heavy atom. The topological polar surface area (TPSA) is 84.1 Å². The molecule has 0 saturated heterocycles. The van der Waals surface area contributed by atoms with Crippen LogP contribution in [0.15, 0.2) is 67.0 Å². The summed E-state index contributed by atoms with van der Waals surface area (Å²) >= 11 is 5.91. The molecule has 27 heavy (non-hydrogen) atoms. The molecule has 0 spiro atoms. The lowest BCUT2D eigenvalue weighted by Crippen LogP contribution is -2.21. The van der Waals surface area contributed by atoms with E-state index >= 15 is 0 Å². The molecule has 0 aliphatic heterocycles. The van der Waals surface area contributed by atoms with Crippen LogP contribution in [0.5, 0.6) is 0 Å². The molecule has 0 saturated carbocycles. The van der Waals surface area contributed by atoms with Crippen molar-refractivity contribution in [2.45, 2.75) is 0 Å². The Morgan fingerprint density at radius 2 is 1.81 bits per heavy atom. The van der Waals surface area contributed by atoms with Gasteiger partial charge in [0.2, 0.25) is 0 Å². The quantitative estimate of drug-likeness (QED) is 0.683. The molecule has 1 N–H and O–H groups in total. The van der Waals surface area contributed by atoms with Crippen molar-refractivity contribution >= 4 is 29.2 Å². The number of halogens is 1. The number of carbonyl (C=O) groups excluding carboxylic acids is 2. The minimum absolute atomic E-state index is 0.232. The van der Waals surface area contributed by atoms with Crippen LogP contribution in [-0.2, 0) is 9.53 Å². The summed E-state index contributed by atoms with van der Waals surface area (Å²) < 4.78 is 6.93. The maximum Gasteiger partial charge on any atom is 0.338 e. The summed E-state index contributed by atoms with van der Waals surface area (Å²) in [4.78, 5) is 24.0. The fourth-order valence-corrected chi connectivity index (χ4v) is 2.59. The smallest absolute Gasteiger partial charge is 0.338 e. The van der Waals surface area contributed by atoms with Gasteiger partial charge in [-0.3, -0.25) is 4.79 Å². The summed E-state index contributed by atoms with van der Waals surface area (Å²) in [5.74, 6) is -1.10. The lowest BCUT2D eigenvalue weighted by Gasteiger charge is -2.08.